The van der Waals surface area contributed by atoms with E-state index in [1.165, 1.54) is 11.3 Å². The highest BCUT2D eigenvalue weighted by Gasteiger charge is 2.25. The zero-order chi connectivity index (χ0) is 16.8. The molecule has 1 aliphatic rings. The number of amides is 1. The molecule has 24 heavy (non-hydrogen) atoms. The Kier molecular flexibility index (Phi) is 5.82. The molecular weight excluding hydrogens is 324 g/mol. The molecule has 128 valence electrons. The van der Waals surface area contributed by atoms with Crippen LogP contribution in [0.15, 0.2) is 35.8 Å². The van der Waals surface area contributed by atoms with Crippen molar-refractivity contribution in [1.82, 2.24) is 9.88 Å². The molecule has 5 nitrogen and oxygen atoms in total. The van der Waals surface area contributed by atoms with Crippen LogP contribution in [0.3, 0.4) is 0 Å². The van der Waals surface area contributed by atoms with Gasteiger partial charge in [0.05, 0.1) is 23.9 Å². The Morgan fingerprint density at radius 2 is 2.25 bits per heavy atom. The van der Waals surface area contributed by atoms with Crippen LogP contribution in [0.4, 0.5) is 0 Å². The van der Waals surface area contributed by atoms with Crippen molar-refractivity contribution in [2.45, 2.75) is 25.9 Å². The van der Waals surface area contributed by atoms with Crippen LogP contribution in [0, 0.1) is 6.92 Å². The van der Waals surface area contributed by atoms with Gasteiger partial charge < -0.3 is 14.4 Å². The quantitative estimate of drug-likeness (QED) is 0.773. The lowest BCUT2D eigenvalue weighted by Crippen LogP contribution is -2.40. The SMILES string of the molecule is Cc1ncsc1C(=O)N(CCOc1ccccc1)C[C@@H]1CCCO1. The summed E-state index contributed by atoms with van der Waals surface area (Å²) in [5.41, 5.74) is 2.50. The Morgan fingerprint density at radius 3 is 2.92 bits per heavy atom. The minimum absolute atomic E-state index is 0.0159. The zero-order valence-corrected chi connectivity index (χ0v) is 14.6. The van der Waals surface area contributed by atoms with Gasteiger partial charge in [-0.2, -0.15) is 0 Å². The highest BCUT2D eigenvalue weighted by atomic mass is 32.1. The first-order valence-electron chi connectivity index (χ1n) is 8.23. The number of nitrogens with zero attached hydrogens (tertiary/aromatic N) is 2. The summed E-state index contributed by atoms with van der Waals surface area (Å²) in [5, 5.41) is 0. The molecular formula is C18H22N2O3S. The van der Waals surface area contributed by atoms with Crippen molar-refractivity contribution in [3.63, 3.8) is 0 Å². The molecule has 1 amide bonds. The number of carbonyl (C=O) groups is 1. The minimum Gasteiger partial charge on any atom is -0.492 e. The molecule has 2 heterocycles. The number of thiazole rings is 1. The average molecular weight is 346 g/mol. The van der Waals surface area contributed by atoms with E-state index in [0.29, 0.717) is 24.6 Å². The summed E-state index contributed by atoms with van der Waals surface area (Å²) in [7, 11) is 0. The molecule has 1 fully saturated rings. The van der Waals surface area contributed by atoms with Gasteiger partial charge in [-0.05, 0) is 31.9 Å². The van der Waals surface area contributed by atoms with Crippen LogP contribution in [-0.4, -0.2) is 48.2 Å². The van der Waals surface area contributed by atoms with Crippen molar-refractivity contribution in [2.24, 2.45) is 0 Å². The van der Waals surface area contributed by atoms with Gasteiger partial charge in [0.25, 0.3) is 5.91 Å². The van der Waals surface area contributed by atoms with Gasteiger partial charge in [-0.3, -0.25) is 4.79 Å². The number of hydrogen-bond acceptors (Lipinski definition) is 5. The van der Waals surface area contributed by atoms with Gasteiger partial charge in [0, 0.05) is 13.2 Å². The first kappa shape index (κ1) is 16.9. The van der Waals surface area contributed by atoms with Crippen LogP contribution in [0.5, 0.6) is 5.75 Å². The molecule has 1 aliphatic heterocycles. The predicted molar refractivity (Wildman–Crippen MR) is 93.7 cm³/mol. The summed E-state index contributed by atoms with van der Waals surface area (Å²) in [6, 6.07) is 9.66. The van der Waals surface area contributed by atoms with Gasteiger partial charge in [-0.25, -0.2) is 4.98 Å². The highest BCUT2D eigenvalue weighted by Crippen LogP contribution is 2.19. The second kappa shape index (κ2) is 8.26. The molecule has 0 saturated carbocycles. The zero-order valence-electron chi connectivity index (χ0n) is 13.8. The number of aromatic nitrogens is 1. The third-order valence-corrected chi connectivity index (χ3v) is 4.96. The molecule has 6 heteroatoms. The van der Waals surface area contributed by atoms with E-state index in [4.69, 9.17) is 9.47 Å². The monoisotopic (exact) mass is 346 g/mol. The van der Waals surface area contributed by atoms with Gasteiger partial charge >= 0.3 is 0 Å². The Balaban J connectivity index is 1.62. The molecule has 1 atom stereocenters. The van der Waals surface area contributed by atoms with Crippen LogP contribution < -0.4 is 4.74 Å². The smallest absolute Gasteiger partial charge is 0.266 e. The van der Waals surface area contributed by atoms with E-state index in [2.05, 4.69) is 4.98 Å². The first-order valence-corrected chi connectivity index (χ1v) is 9.11. The number of benzene rings is 1. The fourth-order valence-corrected chi connectivity index (χ4v) is 3.52. The topological polar surface area (TPSA) is 51.7 Å². The van der Waals surface area contributed by atoms with E-state index in [1.54, 1.807) is 5.51 Å². The van der Waals surface area contributed by atoms with Crippen LogP contribution in [0.2, 0.25) is 0 Å². The molecule has 1 aromatic heterocycles. The van der Waals surface area contributed by atoms with Crippen molar-refractivity contribution >= 4 is 17.2 Å². The number of para-hydroxylation sites is 1. The number of hydrogen-bond donors (Lipinski definition) is 0. The third-order valence-electron chi connectivity index (χ3n) is 4.05. The maximum Gasteiger partial charge on any atom is 0.266 e. The molecule has 1 aromatic carbocycles. The van der Waals surface area contributed by atoms with E-state index in [0.717, 1.165) is 30.9 Å². The Morgan fingerprint density at radius 1 is 1.42 bits per heavy atom. The molecule has 2 aromatic rings. The lowest BCUT2D eigenvalue weighted by Gasteiger charge is -2.25. The summed E-state index contributed by atoms with van der Waals surface area (Å²) < 4.78 is 11.5. The van der Waals surface area contributed by atoms with E-state index >= 15 is 0 Å². The normalized spacial score (nSPS) is 17.0. The summed E-state index contributed by atoms with van der Waals surface area (Å²) in [6.07, 6.45) is 2.19. The summed E-state index contributed by atoms with van der Waals surface area (Å²) in [6.45, 7) is 4.25. The van der Waals surface area contributed by atoms with Crippen LogP contribution in [0.25, 0.3) is 0 Å². The minimum atomic E-state index is 0.0159. The van der Waals surface area contributed by atoms with Gasteiger partial charge in [-0.15, -0.1) is 11.3 Å². The Bertz CT molecular complexity index is 653. The summed E-state index contributed by atoms with van der Waals surface area (Å²) >= 11 is 1.39. The second-order valence-electron chi connectivity index (χ2n) is 5.81. The number of carbonyl (C=O) groups excluding carboxylic acids is 1. The van der Waals surface area contributed by atoms with Crippen molar-refractivity contribution in [2.75, 3.05) is 26.3 Å². The molecule has 0 bridgehead atoms. The van der Waals surface area contributed by atoms with Gasteiger partial charge in [0.15, 0.2) is 0 Å². The van der Waals surface area contributed by atoms with Crippen molar-refractivity contribution in [1.29, 1.82) is 0 Å². The molecule has 0 unspecified atom stereocenters. The van der Waals surface area contributed by atoms with Gasteiger partial charge in [0.1, 0.15) is 17.2 Å². The first-order chi connectivity index (χ1) is 11.7. The second-order valence-corrected chi connectivity index (χ2v) is 6.67. The number of aryl methyl sites for hydroxylation is 1. The molecule has 0 radical (unpaired) electrons. The number of rotatable bonds is 7. The molecule has 0 aliphatic carbocycles. The van der Waals surface area contributed by atoms with Crippen LogP contribution in [0.1, 0.15) is 28.2 Å². The van der Waals surface area contributed by atoms with E-state index < -0.39 is 0 Å². The van der Waals surface area contributed by atoms with Crippen molar-refractivity contribution in [3.05, 3.63) is 46.4 Å². The van der Waals surface area contributed by atoms with E-state index in [-0.39, 0.29) is 12.0 Å². The van der Waals surface area contributed by atoms with Gasteiger partial charge in [-0.1, -0.05) is 18.2 Å². The lowest BCUT2D eigenvalue weighted by atomic mass is 10.2. The maximum absolute atomic E-state index is 12.8. The van der Waals surface area contributed by atoms with Crippen LogP contribution in [-0.2, 0) is 4.74 Å². The van der Waals surface area contributed by atoms with E-state index in [9.17, 15) is 4.79 Å². The fraction of sp³-hybridized carbons (Fsp3) is 0.444. The third kappa shape index (κ3) is 4.33. The fourth-order valence-electron chi connectivity index (χ4n) is 2.75. The Hall–Kier alpha value is -1.92. The largest absolute Gasteiger partial charge is 0.492 e. The maximum atomic E-state index is 12.8. The van der Waals surface area contributed by atoms with Gasteiger partial charge in [0.2, 0.25) is 0 Å². The molecule has 3 rings (SSSR count). The van der Waals surface area contributed by atoms with Crippen molar-refractivity contribution in [3.8, 4) is 5.75 Å². The standard InChI is InChI=1S/C18H22N2O3S/c1-14-17(24-13-19-14)18(21)20(12-16-8-5-10-22-16)9-11-23-15-6-3-2-4-7-15/h2-4,6-7,13,16H,5,8-12H2,1H3/t16-/m0/s1. The molecule has 0 spiro atoms. The Labute approximate surface area is 146 Å². The van der Waals surface area contributed by atoms with Crippen LogP contribution >= 0.6 is 11.3 Å². The highest BCUT2D eigenvalue weighted by molar-refractivity contribution is 7.11. The van der Waals surface area contributed by atoms with E-state index in [1.807, 2.05) is 42.2 Å². The number of ether oxygens (including phenoxy) is 2. The predicted octanol–water partition coefficient (Wildman–Crippen LogP) is 3.15. The lowest BCUT2D eigenvalue weighted by molar-refractivity contribution is 0.0496. The summed E-state index contributed by atoms with van der Waals surface area (Å²) in [4.78, 5) is 19.6. The average Bonchev–Trinajstić information content (AvgIpc) is 3.26. The van der Waals surface area contributed by atoms with Crippen molar-refractivity contribution < 1.29 is 14.3 Å². The molecule has 1 saturated heterocycles. The summed E-state index contributed by atoms with van der Waals surface area (Å²) in [5.74, 6) is 0.832. The molecule has 0 N–H and O–H groups in total.